The number of carbonyl (C=O) groups excluding carboxylic acids is 3. The molecule has 2 fully saturated rings. The van der Waals surface area contributed by atoms with Crippen molar-refractivity contribution in [2.24, 2.45) is 0 Å². The van der Waals surface area contributed by atoms with Gasteiger partial charge in [-0.25, -0.2) is 4.79 Å². The van der Waals surface area contributed by atoms with E-state index < -0.39 is 5.54 Å². The molecule has 1 aliphatic heterocycles. The number of benzene rings is 1. The fourth-order valence-corrected chi connectivity index (χ4v) is 3.89. The highest BCUT2D eigenvalue weighted by Crippen LogP contribution is 2.35. The number of hydrogen-bond donors (Lipinski definition) is 2. The molecule has 8 heteroatoms. The van der Waals surface area contributed by atoms with Crippen LogP contribution >= 0.6 is 11.6 Å². The van der Waals surface area contributed by atoms with Crippen molar-refractivity contribution in [2.75, 3.05) is 19.0 Å². The first-order valence-electron chi connectivity index (χ1n) is 9.14. The van der Waals surface area contributed by atoms with E-state index in [2.05, 4.69) is 10.6 Å². The molecule has 27 heavy (non-hydrogen) atoms. The first-order chi connectivity index (χ1) is 12.9. The lowest BCUT2D eigenvalue weighted by molar-refractivity contribution is -0.131. The minimum absolute atomic E-state index is 0.152. The van der Waals surface area contributed by atoms with Gasteiger partial charge in [0.05, 0.1) is 12.8 Å². The Morgan fingerprint density at radius 1 is 1.33 bits per heavy atom. The van der Waals surface area contributed by atoms with Gasteiger partial charge in [0.1, 0.15) is 11.3 Å². The Bertz CT molecular complexity index is 774. The fraction of sp³-hybridized carbons (Fsp3) is 0.526. The van der Waals surface area contributed by atoms with E-state index in [1.807, 2.05) is 6.92 Å². The highest BCUT2D eigenvalue weighted by Gasteiger charge is 2.51. The number of amides is 4. The van der Waals surface area contributed by atoms with E-state index in [4.69, 9.17) is 16.3 Å². The van der Waals surface area contributed by atoms with Crippen LogP contribution in [0, 0.1) is 6.92 Å². The standard InChI is InChI=1S/C19H24ClN3O4/c1-12-10-14(15(27-2)11-13(12)20)21-16(24)6-5-9-23-17(25)19(22-18(23)26)7-3-4-8-19/h10-11H,3-9H2,1-2H3,(H,21,24)(H,22,26). The number of urea groups is 1. The molecule has 0 atom stereocenters. The number of rotatable bonds is 6. The quantitative estimate of drug-likeness (QED) is 0.726. The van der Waals surface area contributed by atoms with Crippen LogP contribution in [0.5, 0.6) is 5.75 Å². The molecule has 146 valence electrons. The second-order valence-electron chi connectivity index (χ2n) is 7.13. The molecule has 2 N–H and O–H groups in total. The third kappa shape index (κ3) is 3.88. The summed E-state index contributed by atoms with van der Waals surface area (Å²) < 4.78 is 5.24. The molecule has 1 heterocycles. The summed E-state index contributed by atoms with van der Waals surface area (Å²) in [6.45, 7) is 2.07. The van der Waals surface area contributed by atoms with E-state index in [0.29, 0.717) is 35.7 Å². The first-order valence-corrected chi connectivity index (χ1v) is 9.52. The van der Waals surface area contributed by atoms with E-state index in [1.165, 1.54) is 12.0 Å². The number of imide groups is 1. The number of ether oxygens (including phenoxy) is 1. The van der Waals surface area contributed by atoms with Gasteiger partial charge in [0.25, 0.3) is 5.91 Å². The first kappa shape index (κ1) is 19.5. The lowest BCUT2D eigenvalue weighted by Gasteiger charge is -2.20. The maximum atomic E-state index is 12.6. The number of hydrogen-bond acceptors (Lipinski definition) is 4. The van der Waals surface area contributed by atoms with E-state index in [1.54, 1.807) is 12.1 Å². The van der Waals surface area contributed by atoms with Crippen molar-refractivity contribution >= 4 is 35.1 Å². The monoisotopic (exact) mass is 393 g/mol. The number of nitrogens with one attached hydrogen (secondary N) is 2. The Hall–Kier alpha value is -2.28. The number of aryl methyl sites for hydroxylation is 1. The van der Waals surface area contributed by atoms with Crippen LogP contribution in [0.3, 0.4) is 0 Å². The third-order valence-electron chi connectivity index (χ3n) is 5.24. The van der Waals surface area contributed by atoms with E-state index in [0.717, 1.165) is 18.4 Å². The van der Waals surface area contributed by atoms with Gasteiger partial charge in [0, 0.05) is 24.1 Å². The number of anilines is 1. The Labute approximate surface area is 163 Å². The van der Waals surface area contributed by atoms with Gasteiger partial charge in [0.15, 0.2) is 0 Å². The molecule has 1 aromatic carbocycles. The molecular weight excluding hydrogens is 370 g/mol. The lowest BCUT2D eigenvalue weighted by atomic mass is 9.98. The molecule has 3 rings (SSSR count). The van der Waals surface area contributed by atoms with Crippen LogP contribution < -0.4 is 15.4 Å². The minimum atomic E-state index is -0.701. The van der Waals surface area contributed by atoms with Crippen LogP contribution in [0.25, 0.3) is 0 Å². The van der Waals surface area contributed by atoms with Gasteiger partial charge in [-0.2, -0.15) is 0 Å². The van der Waals surface area contributed by atoms with E-state index in [9.17, 15) is 14.4 Å². The molecule has 1 saturated heterocycles. The molecule has 1 saturated carbocycles. The topological polar surface area (TPSA) is 87.7 Å². The Kier molecular flexibility index (Phi) is 5.60. The molecule has 2 aliphatic rings. The summed E-state index contributed by atoms with van der Waals surface area (Å²) in [5.74, 6) is 0.120. The lowest BCUT2D eigenvalue weighted by Crippen LogP contribution is -2.44. The summed E-state index contributed by atoms with van der Waals surface area (Å²) in [4.78, 5) is 38.2. The molecule has 7 nitrogen and oxygen atoms in total. The van der Waals surface area contributed by atoms with Crippen molar-refractivity contribution in [2.45, 2.75) is 51.0 Å². The van der Waals surface area contributed by atoms with Gasteiger partial charge in [-0.05, 0) is 37.8 Å². The van der Waals surface area contributed by atoms with Crippen LogP contribution in [-0.4, -0.2) is 41.9 Å². The summed E-state index contributed by atoms with van der Waals surface area (Å²) in [7, 11) is 1.51. The molecular formula is C19H24ClN3O4. The SMILES string of the molecule is COc1cc(Cl)c(C)cc1NC(=O)CCCN1C(=O)NC2(CCCC2)C1=O. The van der Waals surface area contributed by atoms with Crippen molar-refractivity contribution in [1.29, 1.82) is 0 Å². The average Bonchev–Trinajstić information content (AvgIpc) is 3.18. The number of methoxy groups -OCH3 is 1. The predicted octanol–water partition coefficient (Wildman–Crippen LogP) is 3.24. The van der Waals surface area contributed by atoms with Gasteiger partial charge in [0.2, 0.25) is 5.91 Å². The van der Waals surface area contributed by atoms with Crippen molar-refractivity contribution in [3.05, 3.63) is 22.7 Å². The zero-order valence-electron chi connectivity index (χ0n) is 15.6. The molecule has 4 amide bonds. The van der Waals surface area contributed by atoms with Crippen molar-refractivity contribution in [3.8, 4) is 5.75 Å². The Morgan fingerprint density at radius 2 is 2.04 bits per heavy atom. The zero-order chi connectivity index (χ0) is 19.6. The predicted molar refractivity (Wildman–Crippen MR) is 102 cm³/mol. The maximum absolute atomic E-state index is 12.6. The smallest absolute Gasteiger partial charge is 0.325 e. The highest BCUT2D eigenvalue weighted by atomic mass is 35.5. The summed E-state index contributed by atoms with van der Waals surface area (Å²) in [6.07, 6.45) is 3.88. The summed E-state index contributed by atoms with van der Waals surface area (Å²) >= 11 is 6.07. The summed E-state index contributed by atoms with van der Waals surface area (Å²) in [6, 6.07) is 3.05. The molecule has 0 radical (unpaired) electrons. The summed E-state index contributed by atoms with van der Waals surface area (Å²) in [5, 5.41) is 6.20. The van der Waals surface area contributed by atoms with Crippen molar-refractivity contribution in [1.82, 2.24) is 10.2 Å². The number of halogens is 1. The van der Waals surface area contributed by atoms with Gasteiger partial charge in [-0.3, -0.25) is 14.5 Å². The van der Waals surface area contributed by atoms with Gasteiger partial charge in [-0.1, -0.05) is 24.4 Å². The third-order valence-corrected chi connectivity index (χ3v) is 5.65. The fourth-order valence-electron chi connectivity index (χ4n) is 3.74. The zero-order valence-corrected chi connectivity index (χ0v) is 16.3. The van der Waals surface area contributed by atoms with Crippen LogP contribution in [0.2, 0.25) is 5.02 Å². The number of nitrogens with zero attached hydrogens (tertiary/aromatic N) is 1. The molecule has 1 spiro atoms. The molecule has 0 unspecified atom stereocenters. The van der Waals surface area contributed by atoms with Crippen molar-refractivity contribution in [3.63, 3.8) is 0 Å². The number of carbonyl (C=O) groups is 3. The van der Waals surface area contributed by atoms with Gasteiger partial charge < -0.3 is 15.4 Å². The Morgan fingerprint density at radius 3 is 2.70 bits per heavy atom. The second-order valence-corrected chi connectivity index (χ2v) is 7.54. The summed E-state index contributed by atoms with van der Waals surface area (Å²) in [5.41, 5.74) is 0.673. The van der Waals surface area contributed by atoms with Gasteiger partial charge >= 0.3 is 6.03 Å². The van der Waals surface area contributed by atoms with E-state index in [-0.39, 0.29) is 30.8 Å². The highest BCUT2D eigenvalue weighted by molar-refractivity contribution is 6.31. The maximum Gasteiger partial charge on any atom is 0.325 e. The van der Waals surface area contributed by atoms with Crippen LogP contribution in [0.15, 0.2) is 12.1 Å². The van der Waals surface area contributed by atoms with E-state index >= 15 is 0 Å². The minimum Gasteiger partial charge on any atom is -0.495 e. The largest absolute Gasteiger partial charge is 0.495 e. The van der Waals surface area contributed by atoms with Crippen LogP contribution in [0.4, 0.5) is 10.5 Å². The Balaban J connectivity index is 1.54. The van der Waals surface area contributed by atoms with Crippen LogP contribution in [-0.2, 0) is 9.59 Å². The molecule has 0 bridgehead atoms. The van der Waals surface area contributed by atoms with Crippen molar-refractivity contribution < 1.29 is 19.1 Å². The molecule has 1 aliphatic carbocycles. The average molecular weight is 394 g/mol. The molecule has 1 aromatic rings. The normalized spacial score (nSPS) is 18.1. The second kappa shape index (κ2) is 7.76. The van der Waals surface area contributed by atoms with Crippen LogP contribution in [0.1, 0.15) is 44.1 Å². The molecule has 0 aromatic heterocycles. The van der Waals surface area contributed by atoms with Gasteiger partial charge in [-0.15, -0.1) is 0 Å².